The van der Waals surface area contributed by atoms with Crippen LogP contribution in [0.3, 0.4) is 0 Å². The SMILES string of the molecule is CCCN(CCC)C(=O)c1cc(C)cc(C(=O)N[C@@H](Cc2cc(F)cc(F)c2)[C@H](O)C2NCCN(Cc3cccc(-c4ccccc4)c3)C2=O)c1. The van der Waals surface area contributed by atoms with Gasteiger partial charge in [-0.2, -0.15) is 0 Å². The van der Waals surface area contributed by atoms with Crippen molar-refractivity contribution in [3.8, 4) is 11.1 Å². The number of carbonyl (C=O) groups is 3. The number of hydrogen-bond acceptors (Lipinski definition) is 5. The van der Waals surface area contributed by atoms with Crippen LogP contribution in [0.4, 0.5) is 8.78 Å². The fourth-order valence-electron chi connectivity index (χ4n) is 6.67. The van der Waals surface area contributed by atoms with E-state index in [1.807, 2.05) is 68.4 Å². The summed E-state index contributed by atoms with van der Waals surface area (Å²) in [5.74, 6) is -2.74. The number of carbonyl (C=O) groups excluding carboxylic acids is 3. The number of rotatable bonds is 14. The van der Waals surface area contributed by atoms with Crippen LogP contribution >= 0.6 is 0 Å². The summed E-state index contributed by atoms with van der Waals surface area (Å²) in [5, 5.41) is 17.7. The van der Waals surface area contributed by atoms with Gasteiger partial charge in [-0.15, -0.1) is 0 Å². The van der Waals surface area contributed by atoms with Gasteiger partial charge in [-0.3, -0.25) is 14.4 Å². The van der Waals surface area contributed by atoms with Crippen molar-refractivity contribution in [1.29, 1.82) is 0 Å². The van der Waals surface area contributed by atoms with E-state index >= 15 is 0 Å². The van der Waals surface area contributed by atoms with Crippen LogP contribution < -0.4 is 10.6 Å². The first-order chi connectivity index (χ1) is 24.6. The minimum Gasteiger partial charge on any atom is -0.389 e. The van der Waals surface area contributed by atoms with E-state index in [0.717, 1.165) is 47.7 Å². The Bertz CT molecular complexity index is 1810. The van der Waals surface area contributed by atoms with Crippen molar-refractivity contribution in [2.75, 3.05) is 26.2 Å². The van der Waals surface area contributed by atoms with Crippen LogP contribution in [0.15, 0.2) is 91.0 Å². The van der Waals surface area contributed by atoms with Crippen molar-refractivity contribution in [3.05, 3.63) is 130 Å². The molecule has 0 aliphatic carbocycles. The number of aliphatic hydroxyl groups is 1. The molecule has 8 nitrogen and oxygen atoms in total. The zero-order valence-corrected chi connectivity index (χ0v) is 29.4. The summed E-state index contributed by atoms with van der Waals surface area (Å²) in [7, 11) is 0. The second kappa shape index (κ2) is 17.3. The predicted molar refractivity (Wildman–Crippen MR) is 194 cm³/mol. The van der Waals surface area contributed by atoms with Crippen molar-refractivity contribution in [2.45, 2.75) is 64.8 Å². The number of aryl methyl sites for hydroxylation is 1. The molecule has 51 heavy (non-hydrogen) atoms. The van der Waals surface area contributed by atoms with Crippen LogP contribution in [0.2, 0.25) is 0 Å². The van der Waals surface area contributed by atoms with Crippen LogP contribution in [-0.4, -0.2) is 77.0 Å². The van der Waals surface area contributed by atoms with Crippen LogP contribution in [0, 0.1) is 18.6 Å². The van der Waals surface area contributed by atoms with Gasteiger partial charge in [0.05, 0.1) is 12.1 Å². The number of piperazine rings is 1. The lowest BCUT2D eigenvalue weighted by Crippen LogP contribution is -2.63. The molecule has 0 bridgehead atoms. The van der Waals surface area contributed by atoms with Gasteiger partial charge < -0.3 is 25.5 Å². The van der Waals surface area contributed by atoms with E-state index < -0.39 is 35.7 Å². The number of halogens is 2. The average molecular weight is 697 g/mol. The monoisotopic (exact) mass is 696 g/mol. The fraction of sp³-hybridized carbons (Fsp3) is 0.341. The van der Waals surface area contributed by atoms with Crippen molar-refractivity contribution in [1.82, 2.24) is 20.4 Å². The Balaban J connectivity index is 1.39. The Kier molecular flexibility index (Phi) is 12.7. The molecule has 1 fully saturated rings. The van der Waals surface area contributed by atoms with Gasteiger partial charge in [0.1, 0.15) is 17.7 Å². The summed E-state index contributed by atoms with van der Waals surface area (Å²) in [6.07, 6.45) is -0.0562. The maximum atomic E-state index is 14.3. The molecule has 10 heteroatoms. The predicted octanol–water partition coefficient (Wildman–Crippen LogP) is 5.91. The van der Waals surface area contributed by atoms with Gasteiger partial charge >= 0.3 is 0 Å². The number of hydrogen-bond donors (Lipinski definition) is 3. The van der Waals surface area contributed by atoms with Crippen LogP contribution in [0.1, 0.15) is 64.1 Å². The maximum Gasteiger partial charge on any atom is 0.253 e. The van der Waals surface area contributed by atoms with Crippen molar-refractivity contribution in [3.63, 3.8) is 0 Å². The van der Waals surface area contributed by atoms with E-state index in [9.17, 15) is 28.3 Å². The molecule has 3 N–H and O–H groups in total. The summed E-state index contributed by atoms with van der Waals surface area (Å²) in [6.45, 7) is 8.04. The van der Waals surface area contributed by atoms with E-state index in [2.05, 4.69) is 10.6 Å². The molecule has 0 spiro atoms. The number of nitrogens with one attached hydrogen (secondary N) is 2. The molecule has 5 rings (SSSR count). The largest absolute Gasteiger partial charge is 0.389 e. The molecule has 3 amide bonds. The molecule has 0 aromatic heterocycles. The molecule has 4 aromatic carbocycles. The molecule has 268 valence electrons. The Morgan fingerprint density at radius 3 is 2.24 bits per heavy atom. The maximum absolute atomic E-state index is 14.3. The molecule has 0 radical (unpaired) electrons. The zero-order valence-electron chi connectivity index (χ0n) is 29.4. The Morgan fingerprint density at radius 1 is 0.882 bits per heavy atom. The lowest BCUT2D eigenvalue weighted by molar-refractivity contribution is -0.140. The summed E-state index contributed by atoms with van der Waals surface area (Å²) < 4.78 is 28.5. The highest BCUT2D eigenvalue weighted by atomic mass is 19.1. The fourth-order valence-corrected chi connectivity index (χ4v) is 6.67. The van der Waals surface area contributed by atoms with Gasteiger partial charge in [0.2, 0.25) is 5.91 Å². The molecular weight excluding hydrogens is 650 g/mol. The molecule has 1 aliphatic heterocycles. The first kappa shape index (κ1) is 37.3. The van der Waals surface area contributed by atoms with Gasteiger partial charge in [0, 0.05) is 49.9 Å². The average Bonchev–Trinajstić information content (AvgIpc) is 3.11. The molecule has 3 atom stereocenters. The second-order valence-electron chi connectivity index (χ2n) is 13.2. The van der Waals surface area contributed by atoms with Gasteiger partial charge in [0.25, 0.3) is 11.8 Å². The summed E-state index contributed by atoms with van der Waals surface area (Å²) in [6, 6.07) is 23.5. The Labute approximate surface area is 298 Å². The zero-order chi connectivity index (χ0) is 36.5. The van der Waals surface area contributed by atoms with E-state index in [1.54, 1.807) is 28.9 Å². The summed E-state index contributed by atoms with van der Waals surface area (Å²) in [4.78, 5) is 44.6. The van der Waals surface area contributed by atoms with Crippen molar-refractivity contribution < 1.29 is 28.3 Å². The van der Waals surface area contributed by atoms with Gasteiger partial charge in [-0.25, -0.2) is 8.78 Å². The molecule has 1 saturated heterocycles. The number of nitrogens with zero attached hydrogens (tertiary/aromatic N) is 2. The highest BCUT2D eigenvalue weighted by Gasteiger charge is 2.38. The van der Waals surface area contributed by atoms with Crippen molar-refractivity contribution >= 4 is 17.7 Å². The lowest BCUT2D eigenvalue weighted by atomic mass is 9.93. The van der Waals surface area contributed by atoms with Crippen LogP contribution in [0.5, 0.6) is 0 Å². The highest BCUT2D eigenvalue weighted by Crippen LogP contribution is 2.23. The lowest BCUT2D eigenvalue weighted by Gasteiger charge is -2.38. The third-order valence-electron chi connectivity index (χ3n) is 9.04. The summed E-state index contributed by atoms with van der Waals surface area (Å²) in [5.41, 5.74) is 4.43. The van der Waals surface area contributed by atoms with Crippen LogP contribution in [-0.2, 0) is 17.8 Å². The molecule has 0 saturated carbocycles. The van der Waals surface area contributed by atoms with E-state index in [0.29, 0.717) is 43.9 Å². The first-order valence-electron chi connectivity index (χ1n) is 17.6. The second-order valence-corrected chi connectivity index (χ2v) is 13.2. The quantitative estimate of drug-likeness (QED) is 0.152. The Morgan fingerprint density at radius 2 is 1.55 bits per heavy atom. The Hall–Kier alpha value is -4.93. The topological polar surface area (TPSA) is 102 Å². The highest BCUT2D eigenvalue weighted by molar-refractivity contribution is 6.00. The minimum atomic E-state index is -1.47. The third kappa shape index (κ3) is 9.65. The van der Waals surface area contributed by atoms with E-state index in [4.69, 9.17) is 0 Å². The smallest absolute Gasteiger partial charge is 0.253 e. The molecular formula is C41H46F2N4O4. The number of aliphatic hydroxyl groups excluding tert-OH is 1. The van der Waals surface area contributed by atoms with Gasteiger partial charge in [-0.1, -0.05) is 62.4 Å². The molecule has 1 unspecified atom stereocenters. The molecule has 1 heterocycles. The molecule has 4 aromatic rings. The third-order valence-corrected chi connectivity index (χ3v) is 9.04. The molecule has 1 aliphatic rings. The van der Waals surface area contributed by atoms with E-state index in [-0.39, 0.29) is 29.4 Å². The minimum absolute atomic E-state index is 0.162. The van der Waals surface area contributed by atoms with Crippen molar-refractivity contribution in [2.24, 2.45) is 0 Å². The van der Waals surface area contributed by atoms with Gasteiger partial charge in [-0.05, 0) is 90.4 Å². The standard InChI is InChI=1S/C41H46F2N4O4/c1-4-15-46(16-5-2)40(50)33-19-27(3)18-32(24-33)39(49)45-36(23-29-21-34(42)25-35(43)22-29)38(48)37-41(51)47(17-14-44-37)26-28-10-9-13-31(20-28)30-11-7-6-8-12-30/h6-13,18-22,24-25,36-38,44,48H,4-5,14-17,23,26H2,1-3H3,(H,45,49)/t36-,37?,38-/m0/s1. The normalized spacial score (nSPS) is 15.7. The van der Waals surface area contributed by atoms with Gasteiger partial charge in [0.15, 0.2) is 0 Å². The number of amides is 3. The first-order valence-corrected chi connectivity index (χ1v) is 17.6. The summed E-state index contributed by atoms with van der Waals surface area (Å²) >= 11 is 0. The number of benzene rings is 4. The van der Waals surface area contributed by atoms with E-state index in [1.165, 1.54) is 6.07 Å². The van der Waals surface area contributed by atoms with Crippen LogP contribution in [0.25, 0.3) is 11.1 Å².